The number of morpholine rings is 1. The molecule has 2 aromatic rings. The molecule has 2 aliphatic rings. The van der Waals surface area contributed by atoms with Gasteiger partial charge in [-0.1, -0.05) is 53.5 Å². The molecule has 2 aromatic carbocycles. The zero-order valence-corrected chi connectivity index (χ0v) is 21.3. The summed E-state index contributed by atoms with van der Waals surface area (Å²) < 4.78 is 38.2. The van der Waals surface area contributed by atoms with E-state index in [1.807, 2.05) is 49.3 Å². The molecule has 0 bridgehead atoms. The summed E-state index contributed by atoms with van der Waals surface area (Å²) in [4.78, 5) is 16.9. The van der Waals surface area contributed by atoms with Crippen LogP contribution in [0.15, 0.2) is 46.8 Å². The third kappa shape index (κ3) is 5.72. The lowest BCUT2D eigenvalue weighted by Crippen LogP contribution is -2.51. The summed E-state index contributed by atoms with van der Waals surface area (Å²) in [6.07, 6.45) is -0.255. The highest BCUT2D eigenvalue weighted by Crippen LogP contribution is 2.35. The summed E-state index contributed by atoms with van der Waals surface area (Å²) in [5.41, 5.74) is 1.11. The summed E-state index contributed by atoms with van der Waals surface area (Å²) in [5.74, 6) is -0.108. The molecule has 34 heavy (non-hydrogen) atoms. The number of amides is 1. The molecule has 1 unspecified atom stereocenters. The summed E-state index contributed by atoms with van der Waals surface area (Å²) >= 11 is 12.8. The number of hydrogen-bond acceptors (Lipinski definition) is 5. The second-order valence-corrected chi connectivity index (χ2v) is 11.2. The number of benzene rings is 2. The maximum absolute atomic E-state index is 14.8. The van der Waals surface area contributed by atoms with Crippen molar-refractivity contribution in [1.29, 1.82) is 0 Å². The van der Waals surface area contributed by atoms with Gasteiger partial charge in [0.1, 0.15) is 6.10 Å². The Hall–Kier alpha value is -1.75. The third-order valence-electron chi connectivity index (χ3n) is 5.85. The molecule has 11 heteroatoms. The quantitative estimate of drug-likeness (QED) is 0.514. The molecule has 1 amide bonds. The van der Waals surface area contributed by atoms with Crippen molar-refractivity contribution < 1.29 is 17.6 Å². The molecule has 2 fully saturated rings. The van der Waals surface area contributed by atoms with Crippen molar-refractivity contribution in [2.45, 2.75) is 6.10 Å². The maximum atomic E-state index is 14.8. The van der Waals surface area contributed by atoms with Gasteiger partial charge < -0.3 is 14.5 Å². The topological polar surface area (TPSA) is 65.5 Å². The maximum Gasteiger partial charge on any atom is 0.275 e. The molecule has 7 nitrogen and oxygen atoms in total. The van der Waals surface area contributed by atoms with Crippen LogP contribution in [0.4, 0.5) is 9.57 Å². The summed E-state index contributed by atoms with van der Waals surface area (Å²) in [6.45, 7) is 2.62. The average Bonchev–Trinajstić information content (AvgIpc) is 2.75. The van der Waals surface area contributed by atoms with E-state index in [4.69, 9.17) is 27.9 Å². The van der Waals surface area contributed by atoms with Crippen LogP contribution >= 0.6 is 23.2 Å². The van der Waals surface area contributed by atoms with Crippen LogP contribution in [-0.2, 0) is 15.0 Å². The van der Waals surface area contributed by atoms with Crippen molar-refractivity contribution in [2.24, 2.45) is 10.3 Å². The zero-order valence-electron chi connectivity index (χ0n) is 19.0. The normalized spacial score (nSPS) is 21.2. The zero-order chi connectivity index (χ0) is 24.5. The predicted octanol–water partition coefficient (Wildman–Crippen LogP) is 4.60. The molecule has 2 heterocycles. The standard InChI is InChI=1S/C23H27Cl2FN4O3S/c1-28(2)12-16-13-30(14-16)34(26,32)27-18-10-19(24)22(20(25)11-18)23(31)29-8-9-33-21(15-29)17-6-4-3-5-7-17/h3-7,10-11,16,21H,8-9,12-15H2,1-2H3/t21-,34?/m1/s1. The Morgan fingerprint density at radius 1 is 1.18 bits per heavy atom. The first-order valence-electron chi connectivity index (χ1n) is 11.0. The van der Waals surface area contributed by atoms with E-state index >= 15 is 0 Å². The molecule has 0 aromatic heterocycles. The van der Waals surface area contributed by atoms with Gasteiger partial charge in [0, 0.05) is 26.2 Å². The van der Waals surface area contributed by atoms with E-state index in [-0.39, 0.29) is 39.2 Å². The Morgan fingerprint density at radius 2 is 1.82 bits per heavy atom. The van der Waals surface area contributed by atoms with E-state index in [2.05, 4.69) is 4.36 Å². The minimum Gasteiger partial charge on any atom is -0.370 e. The number of nitrogens with zero attached hydrogens (tertiary/aromatic N) is 4. The Labute approximate surface area is 210 Å². The molecule has 0 N–H and O–H groups in total. The molecule has 0 saturated carbocycles. The SMILES string of the molecule is CN(C)CC1CN(S(=O)(F)=Nc2cc(Cl)c(C(=O)N3CCO[C@@H](c4ccccc4)C3)c(Cl)c2)C1. The Balaban J connectivity index is 1.50. The van der Waals surface area contributed by atoms with Crippen LogP contribution in [0.2, 0.25) is 10.0 Å². The first-order valence-corrected chi connectivity index (χ1v) is 13.1. The van der Waals surface area contributed by atoms with Gasteiger partial charge >= 0.3 is 0 Å². The van der Waals surface area contributed by atoms with Crippen molar-refractivity contribution in [3.63, 3.8) is 0 Å². The highest BCUT2D eigenvalue weighted by Gasteiger charge is 2.35. The molecule has 4 rings (SSSR count). The van der Waals surface area contributed by atoms with Gasteiger partial charge in [-0.15, -0.1) is 3.89 Å². The van der Waals surface area contributed by atoms with Crippen LogP contribution in [0.3, 0.4) is 0 Å². The van der Waals surface area contributed by atoms with E-state index in [9.17, 15) is 12.9 Å². The minimum atomic E-state index is -4.11. The highest BCUT2D eigenvalue weighted by molar-refractivity contribution is 7.86. The molecule has 0 radical (unpaired) electrons. The van der Waals surface area contributed by atoms with Gasteiger partial charge in [-0.2, -0.15) is 12.9 Å². The second kappa shape index (κ2) is 10.5. The van der Waals surface area contributed by atoms with Gasteiger partial charge in [0.05, 0.1) is 34.4 Å². The Bertz CT molecular complexity index is 1150. The number of halogens is 3. The van der Waals surface area contributed by atoms with Crippen LogP contribution in [0, 0.1) is 5.92 Å². The smallest absolute Gasteiger partial charge is 0.275 e. The van der Waals surface area contributed by atoms with Gasteiger partial charge in [0.2, 0.25) is 0 Å². The van der Waals surface area contributed by atoms with Crippen molar-refractivity contribution in [1.82, 2.24) is 14.1 Å². The molecule has 2 aliphatic heterocycles. The van der Waals surface area contributed by atoms with E-state index < -0.39 is 10.3 Å². The molecule has 2 atom stereocenters. The van der Waals surface area contributed by atoms with Crippen LogP contribution in [-0.4, -0.2) is 77.6 Å². The van der Waals surface area contributed by atoms with Crippen LogP contribution in [0.25, 0.3) is 0 Å². The number of ether oxygens (including phenoxy) is 1. The first-order chi connectivity index (χ1) is 16.1. The van der Waals surface area contributed by atoms with Crippen molar-refractivity contribution in [3.8, 4) is 0 Å². The van der Waals surface area contributed by atoms with Crippen molar-refractivity contribution in [3.05, 3.63) is 63.6 Å². The predicted molar refractivity (Wildman–Crippen MR) is 132 cm³/mol. The Morgan fingerprint density at radius 3 is 2.44 bits per heavy atom. The van der Waals surface area contributed by atoms with Gasteiger partial charge in [-0.05, 0) is 37.7 Å². The molecular weight excluding hydrogens is 502 g/mol. The van der Waals surface area contributed by atoms with Gasteiger partial charge in [0.15, 0.2) is 0 Å². The number of hydrogen-bond donors (Lipinski definition) is 0. The van der Waals surface area contributed by atoms with E-state index in [0.29, 0.717) is 32.8 Å². The highest BCUT2D eigenvalue weighted by atomic mass is 35.5. The molecule has 0 aliphatic carbocycles. The largest absolute Gasteiger partial charge is 0.370 e. The number of carbonyl (C=O) groups is 1. The fourth-order valence-electron chi connectivity index (χ4n) is 4.20. The summed E-state index contributed by atoms with van der Waals surface area (Å²) in [5, 5.41) is 0.0617. The van der Waals surface area contributed by atoms with Crippen LogP contribution in [0.5, 0.6) is 0 Å². The summed E-state index contributed by atoms with van der Waals surface area (Å²) in [7, 11) is -0.238. The lowest BCUT2D eigenvalue weighted by molar-refractivity contribution is -0.0228. The lowest BCUT2D eigenvalue weighted by Gasteiger charge is -2.38. The molecule has 2 saturated heterocycles. The van der Waals surface area contributed by atoms with Gasteiger partial charge in [-0.25, -0.2) is 0 Å². The second-order valence-electron chi connectivity index (χ2n) is 8.80. The van der Waals surface area contributed by atoms with Crippen LogP contribution < -0.4 is 0 Å². The van der Waals surface area contributed by atoms with Crippen molar-refractivity contribution >= 4 is 45.1 Å². The fourth-order valence-corrected chi connectivity index (χ4v) is 6.11. The van der Waals surface area contributed by atoms with E-state index in [1.165, 1.54) is 16.4 Å². The van der Waals surface area contributed by atoms with Crippen molar-refractivity contribution in [2.75, 3.05) is 53.4 Å². The number of carbonyl (C=O) groups excluding carboxylic acids is 1. The van der Waals surface area contributed by atoms with E-state index in [0.717, 1.165) is 12.1 Å². The minimum absolute atomic E-state index is 0.0271. The average molecular weight is 529 g/mol. The number of rotatable bonds is 6. The lowest BCUT2D eigenvalue weighted by atomic mass is 10.0. The van der Waals surface area contributed by atoms with E-state index in [1.54, 1.807) is 4.90 Å². The van der Waals surface area contributed by atoms with Gasteiger partial charge in [0.25, 0.3) is 16.2 Å². The molecular formula is C23H27Cl2FN4O3S. The van der Waals surface area contributed by atoms with Crippen LogP contribution in [0.1, 0.15) is 22.0 Å². The third-order valence-corrected chi connectivity index (χ3v) is 7.82. The molecule has 184 valence electrons. The fraction of sp³-hybridized carbons (Fsp3) is 0.435. The summed E-state index contributed by atoms with van der Waals surface area (Å²) in [6, 6.07) is 12.3. The monoisotopic (exact) mass is 528 g/mol. The molecule has 0 spiro atoms. The first kappa shape index (κ1) is 25.3. The Kier molecular flexibility index (Phi) is 7.81. The van der Waals surface area contributed by atoms with Gasteiger partial charge in [-0.3, -0.25) is 4.79 Å².